The fourth-order valence-corrected chi connectivity index (χ4v) is 2.68. The quantitative estimate of drug-likeness (QED) is 0.602. The Morgan fingerprint density at radius 1 is 1.04 bits per heavy atom. The number of carbonyl (C=O) groups excluding carboxylic acids is 1. The van der Waals surface area contributed by atoms with Gasteiger partial charge in [0, 0.05) is 36.3 Å². The van der Waals surface area contributed by atoms with E-state index in [0.717, 1.165) is 22.5 Å². The number of benzene rings is 1. The molecule has 0 aliphatic rings. The van der Waals surface area contributed by atoms with Gasteiger partial charge in [-0.3, -0.25) is 9.78 Å². The Balaban J connectivity index is 1.65. The normalized spacial score (nSPS) is 10.6. The van der Waals surface area contributed by atoms with Gasteiger partial charge in [-0.2, -0.15) is 5.10 Å². The molecule has 0 radical (unpaired) electrons. The fraction of sp³-hybridized carbons (Fsp3) is 0.0500. The molecule has 0 aliphatic heterocycles. The van der Waals surface area contributed by atoms with E-state index in [1.807, 2.05) is 53.3 Å². The van der Waals surface area contributed by atoms with Crippen LogP contribution in [0.1, 0.15) is 16.1 Å². The van der Waals surface area contributed by atoms with Gasteiger partial charge in [0.1, 0.15) is 0 Å². The van der Waals surface area contributed by atoms with Crippen LogP contribution >= 0.6 is 0 Å². The molecule has 6 heteroatoms. The van der Waals surface area contributed by atoms with Gasteiger partial charge in [0.15, 0.2) is 5.76 Å². The van der Waals surface area contributed by atoms with Gasteiger partial charge < -0.3 is 9.73 Å². The highest BCUT2D eigenvalue weighted by atomic mass is 16.3. The summed E-state index contributed by atoms with van der Waals surface area (Å²) < 4.78 is 6.94. The molecule has 0 unspecified atom stereocenters. The van der Waals surface area contributed by atoms with Gasteiger partial charge in [-0.1, -0.05) is 18.2 Å². The molecule has 4 rings (SSSR count). The highest BCUT2D eigenvalue weighted by Gasteiger charge is 2.14. The minimum absolute atomic E-state index is 0.261. The van der Waals surface area contributed by atoms with Crippen molar-refractivity contribution in [3.63, 3.8) is 0 Å². The molecule has 1 amide bonds. The lowest BCUT2D eigenvalue weighted by Crippen LogP contribution is -2.22. The number of carbonyl (C=O) groups is 1. The number of rotatable bonds is 5. The van der Waals surface area contributed by atoms with E-state index in [0.29, 0.717) is 6.54 Å². The Hall–Kier alpha value is -3.67. The van der Waals surface area contributed by atoms with Gasteiger partial charge in [-0.15, -0.1) is 0 Å². The summed E-state index contributed by atoms with van der Waals surface area (Å²) in [6, 6.07) is 17.0. The van der Waals surface area contributed by atoms with Crippen molar-refractivity contribution >= 4 is 5.91 Å². The average Bonchev–Trinajstić information content (AvgIpc) is 3.38. The van der Waals surface area contributed by atoms with Crippen molar-refractivity contribution in [2.24, 2.45) is 0 Å². The maximum Gasteiger partial charge on any atom is 0.287 e. The van der Waals surface area contributed by atoms with E-state index in [-0.39, 0.29) is 11.7 Å². The molecule has 4 aromatic rings. The first kappa shape index (κ1) is 15.8. The summed E-state index contributed by atoms with van der Waals surface area (Å²) in [6.45, 7) is 0.337. The molecule has 1 aromatic carbocycles. The second-order valence-corrected chi connectivity index (χ2v) is 5.68. The molecule has 26 heavy (non-hydrogen) atoms. The standard InChI is InChI=1S/C20H16N4O2/c25-20(18-7-4-12-26-18)22-13-16-14-24(17-5-2-1-3-6-17)23-19(16)15-8-10-21-11-9-15/h1-12,14H,13H2,(H,22,25). The van der Waals surface area contributed by atoms with Gasteiger partial charge >= 0.3 is 0 Å². The summed E-state index contributed by atoms with van der Waals surface area (Å²) in [5.74, 6) is 0.0223. The largest absolute Gasteiger partial charge is 0.459 e. The van der Waals surface area contributed by atoms with Crippen molar-refractivity contribution in [1.29, 1.82) is 0 Å². The van der Waals surface area contributed by atoms with Crippen LogP contribution < -0.4 is 5.32 Å². The third-order valence-electron chi connectivity index (χ3n) is 3.95. The minimum atomic E-state index is -0.261. The number of hydrogen-bond acceptors (Lipinski definition) is 4. The Morgan fingerprint density at radius 2 is 1.85 bits per heavy atom. The van der Waals surface area contributed by atoms with Crippen LogP contribution in [0, 0.1) is 0 Å². The third-order valence-corrected chi connectivity index (χ3v) is 3.95. The minimum Gasteiger partial charge on any atom is -0.459 e. The Kier molecular flexibility index (Phi) is 4.30. The van der Waals surface area contributed by atoms with Gasteiger partial charge in [-0.25, -0.2) is 4.68 Å². The van der Waals surface area contributed by atoms with E-state index in [9.17, 15) is 4.79 Å². The Morgan fingerprint density at radius 3 is 2.58 bits per heavy atom. The number of para-hydroxylation sites is 1. The predicted octanol–water partition coefficient (Wildman–Crippen LogP) is 3.46. The topological polar surface area (TPSA) is 73.0 Å². The fourth-order valence-electron chi connectivity index (χ4n) is 2.68. The summed E-state index contributed by atoms with van der Waals surface area (Å²) in [6.07, 6.45) is 6.85. The molecule has 0 fully saturated rings. The molecule has 3 aromatic heterocycles. The van der Waals surface area contributed by atoms with Crippen molar-refractivity contribution < 1.29 is 9.21 Å². The smallest absolute Gasteiger partial charge is 0.287 e. The molecule has 0 atom stereocenters. The van der Waals surface area contributed by atoms with Crippen LogP contribution in [0.3, 0.4) is 0 Å². The molecule has 128 valence electrons. The number of furan rings is 1. The molecule has 6 nitrogen and oxygen atoms in total. The SMILES string of the molecule is O=C(NCc1cn(-c2ccccc2)nc1-c1ccncc1)c1ccco1. The van der Waals surface area contributed by atoms with Crippen LogP contribution in [-0.4, -0.2) is 20.7 Å². The maximum atomic E-state index is 12.2. The molecular formula is C20H16N4O2. The van der Waals surface area contributed by atoms with Crippen molar-refractivity contribution in [1.82, 2.24) is 20.1 Å². The van der Waals surface area contributed by atoms with Crippen LogP contribution in [0.2, 0.25) is 0 Å². The summed E-state index contributed by atoms with van der Waals surface area (Å²) in [5, 5.41) is 7.58. The Labute approximate surface area is 150 Å². The molecule has 3 heterocycles. The van der Waals surface area contributed by atoms with Crippen molar-refractivity contribution in [2.45, 2.75) is 6.54 Å². The molecule has 1 N–H and O–H groups in total. The molecule has 0 aliphatic carbocycles. The molecule has 0 spiro atoms. The second-order valence-electron chi connectivity index (χ2n) is 5.68. The third kappa shape index (κ3) is 3.25. The summed E-state index contributed by atoms with van der Waals surface area (Å²) in [5.41, 5.74) is 3.60. The molecular weight excluding hydrogens is 328 g/mol. The van der Waals surface area contributed by atoms with Crippen LogP contribution in [0.4, 0.5) is 0 Å². The average molecular weight is 344 g/mol. The number of amides is 1. The van der Waals surface area contributed by atoms with Gasteiger partial charge in [0.2, 0.25) is 0 Å². The van der Waals surface area contributed by atoms with E-state index in [4.69, 9.17) is 9.52 Å². The first-order chi connectivity index (χ1) is 12.8. The van der Waals surface area contributed by atoms with Gasteiger partial charge in [0.25, 0.3) is 5.91 Å². The van der Waals surface area contributed by atoms with Crippen molar-refractivity contribution in [3.8, 4) is 16.9 Å². The van der Waals surface area contributed by atoms with Gasteiger partial charge in [0.05, 0.1) is 17.6 Å². The predicted molar refractivity (Wildman–Crippen MR) is 96.7 cm³/mol. The van der Waals surface area contributed by atoms with E-state index < -0.39 is 0 Å². The van der Waals surface area contributed by atoms with Crippen LogP contribution in [0.25, 0.3) is 16.9 Å². The monoisotopic (exact) mass is 344 g/mol. The first-order valence-corrected chi connectivity index (χ1v) is 8.17. The molecule has 0 bridgehead atoms. The molecule has 0 saturated heterocycles. The van der Waals surface area contributed by atoms with Crippen molar-refractivity contribution in [3.05, 3.63) is 90.8 Å². The lowest BCUT2D eigenvalue weighted by atomic mass is 10.1. The second kappa shape index (κ2) is 7.06. The highest BCUT2D eigenvalue weighted by Crippen LogP contribution is 2.23. The lowest BCUT2D eigenvalue weighted by Gasteiger charge is -2.04. The highest BCUT2D eigenvalue weighted by molar-refractivity contribution is 5.91. The number of aromatic nitrogens is 3. The summed E-state index contributed by atoms with van der Waals surface area (Å²) in [4.78, 5) is 16.2. The zero-order chi connectivity index (χ0) is 17.8. The summed E-state index contributed by atoms with van der Waals surface area (Å²) >= 11 is 0. The van der Waals surface area contributed by atoms with E-state index >= 15 is 0 Å². The van der Waals surface area contributed by atoms with Gasteiger partial charge in [-0.05, 0) is 36.4 Å². The first-order valence-electron chi connectivity index (χ1n) is 8.17. The van der Waals surface area contributed by atoms with Crippen LogP contribution in [-0.2, 0) is 6.54 Å². The van der Waals surface area contributed by atoms with E-state index in [1.54, 1.807) is 24.5 Å². The number of hydrogen-bond donors (Lipinski definition) is 1. The zero-order valence-corrected chi connectivity index (χ0v) is 13.9. The van der Waals surface area contributed by atoms with Crippen molar-refractivity contribution in [2.75, 3.05) is 0 Å². The summed E-state index contributed by atoms with van der Waals surface area (Å²) in [7, 11) is 0. The molecule has 0 saturated carbocycles. The number of nitrogens with zero attached hydrogens (tertiary/aromatic N) is 3. The zero-order valence-electron chi connectivity index (χ0n) is 13.9. The Bertz CT molecular complexity index is 993. The van der Waals surface area contributed by atoms with Crippen LogP contribution in [0.5, 0.6) is 0 Å². The lowest BCUT2D eigenvalue weighted by molar-refractivity contribution is 0.0923. The maximum absolute atomic E-state index is 12.2. The van der Waals surface area contributed by atoms with E-state index in [2.05, 4.69) is 10.3 Å². The number of nitrogens with one attached hydrogen (secondary N) is 1. The van der Waals surface area contributed by atoms with E-state index in [1.165, 1.54) is 6.26 Å². The number of pyridine rings is 1. The van der Waals surface area contributed by atoms with Crippen LogP contribution in [0.15, 0.2) is 83.9 Å².